The van der Waals surface area contributed by atoms with Crippen LogP contribution in [0.3, 0.4) is 0 Å². The lowest BCUT2D eigenvalue weighted by Crippen LogP contribution is -2.49. The number of hydrogen-bond acceptors (Lipinski definition) is 3. The molecule has 0 atom stereocenters. The first-order chi connectivity index (χ1) is 9.85. The molecule has 1 amide bonds. The van der Waals surface area contributed by atoms with Crippen LogP contribution in [0.15, 0.2) is 24.3 Å². The maximum Gasteiger partial charge on any atom is 0.222 e. The Balaban J connectivity index is 1.82. The third-order valence-electron chi connectivity index (χ3n) is 3.81. The molecule has 1 aromatic rings. The highest BCUT2D eigenvalue weighted by Gasteiger charge is 2.22. The Labute approximate surface area is 131 Å². The van der Waals surface area contributed by atoms with Crippen molar-refractivity contribution in [3.05, 3.63) is 29.3 Å². The first-order valence-corrected chi connectivity index (χ1v) is 7.80. The summed E-state index contributed by atoms with van der Waals surface area (Å²) in [6.45, 7) is 7.18. The highest BCUT2D eigenvalue weighted by Crippen LogP contribution is 2.20. The van der Waals surface area contributed by atoms with Gasteiger partial charge in [-0.1, -0.05) is 11.6 Å². The Hall–Kier alpha value is -1.26. The van der Waals surface area contributed by atoms with Gasteiger partial charge in [0.1, 0.15) is 0 Å². The number of nitrogens with zero attached hydrogens (tertiary/aromatic N) is 2. The Kier molecular flexibility index (Phi) is 5.12. The van der Waals surface area contributed by atoms with Crippen molar-refractivity contribution in [1.29, 1.82) is 0 Å². The van der Waals surface area contributed by atoms with E-state index in [9.17, 15) is 4.79 Å². The summed E-state index contributed by atoms with van der Waals surface area (Å²) in [7, 11) is 0. The highest BCUT2D eigenvalue weighted by atomic mass is 35.5. The first-order valence-electron chi connectivity index (χ1n) is 7.42. The molecule has 1 saturated heterocycles. The number of amides is 1. The van der Waals surface area contributed by atoms with Crippen LogP contribution < -0.4 is 10.6 Å². The summed E-state index contributed by atoms with van der Waals surface area (Å²) < 4.78 is 0. The summed E-state index contributed by atoms with van der Waals surface area (Å²) in [4.78, 5) is 16.4. The number of carbonyl (C=O) groups is 1. The van der Waals surface area contributed by atoms with Gasteiger partial charge >= 0.3 is 0 Å². The lowest BCUT2D eigenvalue weighted by atomic mass is 9.99. The quantitative estimate of drug-likeness (QED) is 0.929. The maximum atomic E-state index is 12.2. The first kappa shape index (κ1) is 16.1. The summed E-state index contributed by atoms with van der Waals surface area (Å²) in [6.07, 6.45) is 1.26. The minimum atomic E-state index is -0.277. The zero-order valence-electron chi connectivity index (χ0n) is 12.8. The van der Waals surface area contributed by atoms with E-state index in [0.717, 1.165) is 43.3 Å². The average Bonchev–Trinajstić information content (AvgIpc) is 2.45. The molecule has 0 radical (unpaired) electrons. The van der Waals surface area contributed by atoms with E-state index in [1.54, 1.807) is 0 Å². The molecule has 0 saturated carbocycles. The van der Waals surface area contributed by atoms with Crippen LogP contribution in [-0.2, 0) is 4.79 Å². The minimum Gasteiger partial charge on any atom is -0.368 e. The van der Waals surface area contributed by atoms with Gasteiger partial charge < -0.3 is 15.5 Å². The van der Waals surface area contributed by atoms with Crippen molar-refractivity contribution in [1.82, 2.24) is 4.90 Å². The molecule has 5 heteroatoms. The third kappa shape index (κ3) is 4.90. The predicted molar refractivity (Wildman–Crippen MR) is 87.7 cm³/mol. The second-order valence-corrected chi connectivity index (χ2v) is 6.77. The molecular formula is C16H24ClN3O. The topological polar surface area (TPSA) is 49.6 Å². The number of nitrogens with two attached hydrogens (primary N) is 1. The van der Waals surface area contributed by atoms with Crippen molar-refractivity contribution in [3.63, 3.8) is 0 Å². The number of halogens is 1. The van der Waals surface area contributed by atoms with E-state index in [4.69, 9.17) is 17.3 Å². The van der Waals surface area contributed by atoms with Crippen LogP contribution >= 0.6 is 11.6 Å². The molecular weight excluding hydrogens is 286 g/mol. The van der Waals surface area contributed by atoms with Crippen molar-refractivity contribution < 1.29 is 4.79 Å². The van der Waals surface area contributed by atoms with Gasteiger partial charge in [0.05, 0.1) is 0 Å². The Morgan fingerprint density at radius 1 is 1.19 bits per heavy atom. The predicted octanol–water partition coefficient (Wildman–Crippen LogP) is 2.51. The van der Waals surface area contributed by atoms with Gasteiger partial charge in [-0.05, 0) is 44.5 Å². The number of piperazine rings is 1. The molecule has 1 aliphatic heterocycles. The molecule has 0 spiro atoms. The van der Waals surface area contributed by atoms with Crippen LogP contribution in [0.1, 0.15) is 26.7 Å². The fraction of sp³-hybridized carbons (Fsp3) is 0.562. The second kappa shape index (κ2) is 6.67. The van der Waals surface area contributed by atoms with E-state index in [2.05, 4.69) is 4.90 Å². The summed E-state index contributed by atoms with van der Waals surface area (Å²) in [5.74, 6) is 0.212. The molecule has 0 aromatic heterocycles. The molecule has 1 fully saturated rings. The van der Waals surface area contributed by atoms with Crippen LogP contribution in [-0.4, -0.2) is 42.5 Å². The van der Waals surface area contributed by atoms with Crippen molar-refractivity contribution in [2.24, 2.45) is 5.73 Å². The zero-order chi connectivity index (χ0) is 15.5. The van der Waals surface area contributed by atoms with Gasteiger partial charge in [-0.25, -0.2) is 0 Å². The molecule has 0 bridgehead atoms. The molecule has 1 heterocycles. The molecule has 2 rings (SSSR count). The van der Waals surface area contributed by atoms with Gasteiger partial charge in [0.15, 0.2) is 0 Å². The third-order valence-corrected chi connectivity index (χ3v) is 4.06. The van der Waals surface area contributed by atoms with Crippen molar-refractivity contribution in [3.8, 4) is 0 Å². The van der Waals surface area contributed by atoms with Crippen molar-refractivity contribution in [2.45, 2.75) is 32.2 Å². The molecule has 116 valence electrons. The minimum absolute atomic E-state index is 0.212. The SMILES string of the molecule is CC(C)(N)CCC(=O)N1CCN(c2ccc(Cl)cc2)CC1. The standard InChI is InChI=1S/C16H24ClN3O/c1-16(2,18)8-7-15(21)20-11-9-19(10-12-20)14-5-3-13(17)4-6-14/h3-6H,7-12,18H2,1-2H3. The van der Waals surface area contributed by atoms with E-state index in [-0.39, 0.29) is 11.4 Å². The smallest absolute Gasteiger partial charge is 0.222 e. The summed E-state index contributed by atoms with van der Waals surface area (Å²) in [6, 6.07) is 7.85. The van der Waals surface area contributed by atoms with E-state index in [1.165, 1.54) is 0 Å². The number of carbonyl (C=O) groups excluding carboxylic acids is 1. The second-order valence-electron chi connectivity index (χ2n) is 6.33. The Morgan fingerprint density at radius 2 is 1.76 bits per heavy atom. The van der Waals surface area contributed by atoms with Gasteiger partial charge in [0, 0.05) is 48.8 Å². The molecule has 2 N–H and O–H groups in total. The van der Waals surface area contributed by atoms with Crippen LogP contribution in [0.5, 0.6) is 0 Å². The van der Waals surface area contributed by atoms with Gasteiger partial charge in [-0.3, -0.25) is 4.79 Å². The fourth-order valence-electron chi connectivity index (χ4n) is 2.45. The van der Waals surface area contributed by atoms with Crippen molar-refractivity contribution >= 4 is 23.2 Å². The van der Waals surface area contributed by atoms with Gasteiger partial charge in [0.25, 0.3) is 0 Å². The maximum absolute atomic E-state index is 12.2. The van der Waals surface area contributed by atoms with Crippen LogP contribution in [0.2, 0.25) is 5.02 Å². The van der Waals surface area contributed by atoms with E-state index < -0.39 is 0 Å². The van der Waals surface area contributed by atoms with Crippen LogP contribution in [0, 0.1) is 0 Å². The lowest BCUT2D eigenvalue weighted by Gasteiger charge is -2.36. The molecule has 4 nitrogen and oxygen atoms in total. The van der Waals surface area contributed by atoms with E-state index in [0.29, 0.717) is 6.42 Å². The highest BCUT2D eigenvalue weighted by molar-refractivity contribution is 6.30. The Morgan fingerprint density at radius 3 is 2.29 bits per heavy atom. The number of hydrogen-bond donors (Lipinski definition) is 1. The van der Waals surface area contributed by atoms with Crippen molar-refractivity contribution in [2.75, 3.05) is 31.1 Å². The molecule has 21 heavy (non-hydrogen) atoms. The monoisotopic (exact) mass is 309 g/mol. The van der Waals surface area contributed by atoms with Gasteiger partial charge in [-0.15, -0.1) is 0 Å². The fourth-order valence-corrected chi connectivity index (χ4v) is 2.58. The van der Waals surface area contributed by atoms with E-state index >= 15 is 0 Å². The normalized spacial score (nSPS) is 16.2. The summed E-state index contributed by atoms with van der Waals surface area (Å²) in [5, 5.41) is 0.747. The lowest BCUT2D eigenvalue weighted by molar-refractivity contribution is -0.131. The largest absolute Gasteiger partial charge is 0.368 e. The van der Waals surface area contributed by atoms with Crippen LogP contribution in [0.4, 0.5) is 5.69 Å². The number of rotatable bonds is 4. The molecule has 0 unspecified atom stereocenters. The molecule has 1 aromatic carbocycles. The summed E-state index contributed by atoms with van der Waals surface area (Å²) >= 11 is 5.91. The van der Waals surface area contributed by atoms with Gasteiger partial charge in [0.2, 0.25) is 5.91 Å². The van der Waals surface area contributed by atoms with Crippen LogP contribution in [0.25, 0.3) is 0 Å². The van der Waals surface area contributed by atoms with Gasteiger partial charge in [-0.2, -0.15) is 0 Å². The zero-order valence-corrected chi connectivity index (χ0v) is 13.6. The average molecular weight is 310 g/mol. The molecule has 1 aliphatic rings. The van der Waals surface area contributed by atoms with E-state index in [1.807, 2.05) is 43.0 Å². The molecule has 0 aliphatic carbocycles. The number of benzene rings is 1. The number of anilines is 1. The Bertz CT molecular complexity index is 473. The summed E-state index contributed by atoms with van der Waals surface area (Å²) in [5.41, 5.74) is 6.82.